The first kappa shape index (κ1) is 12.6. The lowest BCUT2D eigenvalue weighted by atomic mass is 10.2. The van der Waals surface area contributed by atoms with E-state index in [0.29, 0.717) is 17.7 Å². The van der Waals surface area contributed by atoms with Gasteiger partial charge in [0.05, 0.1) is 11.9 Å². The second-order valence-electron chi connectivity index (χ2n) is 3.64. The molecule has 0 saturated heterocycles. The van der Waals surface area contributed by atoms with Crippen LogP contribution in [-0.2, 0) is 4.79 Å². The van der Waals surface area contributed by atoms with E-state index in [1.165, 1.54) is 24.4 Å². The fourth-order valence-corrected chi connectivity index (χ4v) is 1.42. The van der Waals surface area contributed by atoms with Gasteiger partial charge in [-0.2, -0.15) is 5.10 Å². The molecule has 6 nitrogen and oxygen atoms in total. The van der Waals surface area contributed by atoms with E-state index < -0.39 is 0 Å². The number of phenols is 2. The average molecular weight is 257 g/mol. The molecular weight excluding hydrogens is 246 g/mol. The van der Waals surface area contributed by atoms with E-state index in [0.717, 1.165) is 5.01 Å². The lowest BCUT2D eigenvalue weighted by Crippen LogP contribution is -2.13. The summed E-state index contributed by atoms with van der Waals surface area (Å²) >= 11 is 0. The van der Waals surface area contributed by atoms with Crippen LogP contribution in [0.5, 0.6) is 11.5 Å². The average Bonchev–Trinajstić information content (AvgIpc) is 2.43. The largest absolute Gasteiger partial charge is 0.508 e. The van der Waals surface area contributed by atoms with Crippen molar-refractivity contribution in [3.8, 4) is 11.5 Å². The minimum absolute atomic E-state index is 0.0453. The normalized spacial score (nSPS) is 10.5. The molecule has 0 spiro atoms. The SMILES string of the molecule is O=CN(/N=C/c1ccc(O)cc1O)c1ccncc1. The maximum absolute atomic E-state index is 11.0. The van der Waals surface area contributed by atoms with E-state index in [1.807, 2.05) is 0 Å². The third-order valence-electron chi connectivity index (χ3n) is 2.36. The molecule has 0 fully saturated rings. The summed E-state index contributed by atoms with van der Waals surface area (Å²) in [6, 6.07) is 7.35. The van der Waals surface area contributed by atoms with Gasteiger partial charge in [-0.25, -0.2) is 5.01 Å². The molecule has 2 N–H and O–H groups in total. The molecule has 0 radical (unpaired) electrons. The summed E-state index contributed by atoms with van der Waals surface area (Å²) in [6.07, 6.45) is 4.95. The second-order valence-corrected chi connectivity index (χ2v) is 3.64. The van der Waals surface area contributed by atoms with E-state index in [9.17, 15) is 9.90 Å². The Labute approximate surface area is 109 Å². The molecule has 6 heteroatoms. The van der Waals surface area contributed by atoms with Crippen molar-refractivity contribution in [3.63, 3.8) is 0 Å². The number of pyridine rings is 1. The van der Waals surface area contributed by atoms with Crippen LogP contribution in [-0.4, -0.2) is 27.8 Å². The van der Waals surface area contributed by atoms with Crippen LogP contribution in [0.4, 0.5) is 5.69 Å². The predicted molar refractivity (Wildman–Crippen MR) is 70.1 cm³/mol. The molecule has 2 rings (SSSR count). The smallest absolute Gasteiger partial charge is 0.234 e. The Morgan fingerprint density at radius 1 is 1.16 bits per heavy atom. The first-order chi connectivity index (χ1) is 9.20. The Hall–Kier alpha value is -2.89. The number of rotatable bonds is 4. The number of hydrogen-bond acceptors (Lipinski definition) is 5. The number of anilines is 1. The Morgan fingerprint density at radius 3 is 2.53 bits per heavy atom. The summed E-state index contributed by atoms with van der Waals surface area (Å²) in [4.78, 5) is 14.8. The van der Waals surface area contributed by atoms with E-state index in [-0.39, 0.29) is 11.5 Å². The number of carbonyl (C=O) groups is 1. The van der Waals surface area contributed by atoms with E-state index in [4.69, 9.17) is 5.11 Å². The molecule has 0 bridgehead atoms. The van der Waals surface area contributed by atoms with Crippen molar-refractivity contribution in [2.75, 3.05) is 5.01 Å². The standard InChI is InChI=1S/C13H11N3O3/c17-9-16(11-3-5-14-6-4-11)15-8-10-1-2-12(18)7-13(10)19/h1-9,18-19H/b15-8+. The molecule has 1 heterocycles. The number of aromatic hydroxyl groups is 2. The molecule has 0 atom stereocenters. The molecule has 0 aliphatic carbocycles. The van der Waals surface area contributed by atoms with Gasteiger partial charge in [0.25, 0.3) is 0 Å². The molecule has 0 aliphatic heterocycles. The van der Waals surface area contributed by atoms with Crippen molar-refractivity contribution >= 4 is 18.3 Å². The van der Waals surface area contributed by atoms with Gasteiger partial charge in [-0.05, 0) is 24.3 Å². The highest BCUT2D eigenvalue weighted by Gasteiger charge is 2.03. The second kappa shape index (κ2) is 5.63. The Balaban J connectivity index is 2.23. The summed E-state index contributed by atoms with van der Waals surface area (Å²) in [6.45, 7) is 0. The Morgan fingerprint density at radius 2 is 1.89 bits per heavy atom. The van der Waals surface area contributed by atoms with Crippen molar-refractivity contribution in [2.24, 2.45) is 5.10 Å². The monoisotopic (exact) mass is 257 g/mol. The molecule has 2 aromatic rings. The Bertz CT molecular complexity index is 599. The van der Waals surface area contributed by atoms with Gasteiger partial charge in [-0.3, -0.25) is 9.78 Å². The summed E-state index contributed by atoms with van der Waals surface area (Å²) in [5.41, 5.74) is 0.943. The number of nitrogens with zero attached hydrogens (tertiary/aromatic N) is 3. The minimum atomic E-state index is -0.121. The number of phenolic OH excluding ortho intramolecular Hbond substituents is 2. The third-order valence-corrected chi connectivity index (χ3v) is 2.36. The van der Waals surface area contributed by atoms with Crippen LogP contribution in [0.25, 0.3) is 0 Å². The van der Waals surface area contributed by atoms with Crippen LogP contribution in [0.2, 0.25) is 0 Å². The van der Waals surface area contributed by atoms with E-state index in [1.54, 1.807) is 24.5 Å². The van der Waals surface area contributed by atoms with Crippen LogP contribution in [0.15, 0.2) is 47.8 Å². The molecule has 0 unspecified atom stereocenters. The Kier molecular flexibility index (Phi) is 3.72. The van der Waals surface area contributed by atoms with Gasteiger partial charge in [0.1, 0.15) is 11.5 Å². The van der Waals surface area contributed by atoms with Crippen molar-refractivity contribution in [1.29, 1.82) is 0 Å². The lowest BCUT2D eigenvalue weighted by molar-refractivity contribution is -0.107. The van der Waals surface area contributed by atoms with E-state index >= 15 is 0 Å². The fourth-order valence-electron chi connectivity index (χ4n) is 1.42. The molecular formula is C13H11N3O3. The fraction of sp³-hybridized carbons (Fsp3) is 0. The molecule has 0 aliphatic rings. The third kappa shape index (κ3) is 3.06. The number of hydrogen-bond donors (Lipinski definition) is 2. The van der Waals surface area contributed by atoms with Crippen LogP contribution in [0.3, 0.4) is 0 Å². The highest BCUT2D eigenvalue weighted by Crippen LogP contribution is 2.21. The number of aromatic nitrogens is 1. The van der Waals surface area contributed by atoms with Gasteiger partial charge in [0.15, 0.2) is 0 Å². The summed E-state index contributed by atoms with van der Waals surface area (Å²) in [7, 11) is 0. The highest BCUT2D eigenvalue weighted by atomic mass is 16.3. The zero-order valence-corrected chi connectivity index (χ0v) is 9.84. The van der Waals surface area contributed by atoms with Gasteiger partial charge in [0.2, 0.25) is 6.41 Å². The number of carbonyl (C=O) groups excluding carboxylic acids is 1. The van der Waals surface area contributed by atoms with Crippen LogP contribution in [0.1, 0.15) is 5.56 Å². The van der Waals surface area contributed by atoms with Crippen LogP contribution >= 0.6 is 0 Å². The van der Waals surface area contributed by atoms with Gasteiger partial charge >= 0.3 is 0 Å². The first-order valence-electron chi connectivity index (χ1n) is 5.41. The summed E-state index contributed by atoms with van der Waals surface area (Å²) in [5, 5.41) is 23.8. The zero-order valence-electron chi connectivity index (χ0n) is 9.84. The maximum Gasteiger partial charge on any atom is 0.234 e. The van der Waals surface area contributed by atoms with Crippen LogP contribution < -0.4 is 5.01 Å². The van der Waals surface area contributed by atoms with Crippen molar-refractivity contribution in [1.82, 2.24) is 4.98 Å². The molecule has 1 aromatic carbocycles. The van der Waals surface area contributed by atoms with Crippen molar-refractivity contribution in [3.05, 3.63) is 48.3 Å². The van der Waals surface area contributed by atoms with E-state index in [2.05, 4.69) is 10.1 Å². The number of amides is 1. The van der Waals surface area contributed by atoms with Crippen molar-refractivity contribution in [2.45, 2.75) is 0 Å². The number of benzene rings is 1. The van der Waals surface area contributed by atoms with Crippen molar-refractivity contribution < 1.29 is 15.0 Å². The molecule has 1 amide bonds. The summed E-state index contributed by atoms with van der Waals surface area (Å²) in [5.74, 6) is -0.166. The molecule has 0 saturated carbocycles. The molecule has 96 valence electrons. The first-order valence-corrected chi connectivity index (χ1v) is 5.41. The number of hydrazone groups is 1. The van der Waals surface area contributed by atoms with Gasteiger partial charge < -0.3 is 10.2 Å². The summed E-state index contributed by atoms with van der Waals surface area (Å²) < 4.78 is 0. The maximum atomic E-state index is 11.0. The zero-order chi connectivity index (χ0) is 13.7. The lowest BCUT2D eigenvalue weighted by Gasteiger charge is -2.10. The van der Waals surface area contributed by atoms with Gasteiger partial charge in [0, 0.05) is 24.0 Å². The van der Waals surface area contributed by atoms with Gasteiger partial charge in [-0.15, -0.1) is 0 Å². The van der Waals surface area contributed by atoms with Crippen LogP contribution in [0, 0.1) is 0 Å². The molecule has 1 aromatic heterocycles. The molecule has 19 heavy (non-hydrogen) atoms. The van der Waals surface area contributed by atoms with Gasteiger partial charge in [-0.1, -0.05) is 0 Å². The highest BCUT2D eigenvalue weighted by molar-refractivity contribution is 5.87. The topological polar surface area (TPSA) is 86.0 Å². The predicted octanol–water partition coefficient (Wildman–Crippen LogP) is 1.49. The quantitative estimate of drug-likeness (QED) is 0.493. The minimum Gasteiger partial charge on any atom is -0.508 e.